The van der Waals surface area contributed by atoms with Crippen LogP contribution in [0.5, 0.6) is 0 Å². The molecule has 1 heterocycles. The zero-order valence-corrected chi connectivity index (χ0v) is 10.6. The Bertz CT molecular complexity index is 405. The van der Waals surface area contributed by atoms with E-state index >= 15 is 0 Å². The summed E-state index contributed by atoms with van der Waals surface area (Å²) in [5.41, 5.74) is 7.06. The molecule has 17 heavy (non-hydrogen) atoms. The number of rotatable bonds is 3. The number of nitrogen functional groups attached to an aromatic ring is 1. The number of nitrogens with zero attached hydrogens (tertiary/aromatic N) is 2. The van der Waals surface area contributed by atoms with Gasteiger partial charge in [-0.15, -0.1) is 0 Å². The van der Waals surface area contributed by atoms with Crippen molar-refractivity contribution in [3.05, 3.63) is 18.0 Å². The molecule has 0 radical (unpaired) electrons. The van der Waals surface area contributed by atoms with Gasteiger partial charge in [0, 0.05) is 25.8 Å². The van der Waals surface area contributed by atoms with Crippen molar-refractivity contribution in [2.24, 2.45) is 7.05 Å². The topological polar surface area (TPSA) is 51.3 Å². The van der Waals surface area contributed by atoms with Gasteiger partial charge in [-0.3, -0.25) is 4.79 Å². The van der Waals surface area contributed by atoms with E-state index in [0.29, 0.717) is 17.4 Å². The Hall–Kier alpha value is -1.45. The number of hydrogen-bond acceptors (Lipinski definition) is 2. The minimum Gasteiger partial charge on any atom is -0.397 e. The highest BCUT2D eigenvalue weighted by molar-refractivity contribution is 5.94. The van der Waals surface area contributed by atoms with Gasteiger partial charge in [0.2, 0.25) is 0 Å². The minimum atomic E-state index is 0.110. The summed E-state index contributed by atoms with van der Waals surface area (Å²) in [5.74, 6) is 0.110. The van der Waals surface area contributed by atoms with Crippen LogP contribution in [0, 0.1) is 0 Å². The molecule has 0 bridgehead atoms. The first-order valence-electron chi connectivity index (χ1n) is 6.36. The second-order valence-electron chi connectivity index (χ2n) is 4.80. The average Bonchev–Trinajstić information content (AvgIpc) is 2.89. The third kappa shape index (κ3) is 2.30. The van der Waals surface area contributed by atoms with Gasteiger partial charge in [0.05, 0.1) is 5.69 Å². The fourth-order valence-corrected chi connectivity index (χ4v) is 2.73. The third-order valence-corrected chi connectivity index (χ3v) is 3.61. The number of carbonyl (C=O) groups is 1. The van der Waals surface area contributed by atoms with E-state index in [2.05, 4.69) is 0 Å². The molecule has 4 heteroatoms. The van der Waals surface area contributed by atoms with Crippen LogP contribution < -0.4 is 5.73 Å². The predicted octanol–water partition coefficient (Wildman–Crippen LogP) is 2.01. The Morgan fingerprint density at radius 3 is 2.65 bits per heavy atom. The summed E-state index contributed by atoms with van der Waals surface area (Å²) in [6.07, 6.45) is 6.54. The van der Waals surface area contributed by atoms with Crippen LogP contribution >= 0.6 is 0 Å². The lowest BCUT2D eigenvalue weighted by atomic mass is 10.2. The van der Waals surface area contributed by atoms with Gasteiger partial charge in [-0.2, -0.15) is 0 Å². The molecule has 4 nitrogen and oxygen atoms in total. The molecule has 0 aromatic carbocycles. The van der Waals surface area contributed by atoms with E-state index in [1.165, 1.54) is 12.8 Å². The molecule has 0 atom stereocenters. The summed E-state index contributed by atoms with van der Waals surface area (Å²) in [6.45, 7) is 2.82. The highest BCUT2D eigenvalue weighted by Crippen LogP contribution is 2.25. The molecule has 94 valence electrons. The quantitative estimate of drug-likeness (QED) is 0.871. The van der Waals surface area contributed by atoms with E-state index in [1.54, 1.807) is 12.3 Å². The Balaban J connectivity index is 2.19. The molecular formula is C13H21N3O. The molecule has 1 fully saturated rings. The van der Waals surface area contributed by atoms with Crippen LogP contribution in [0.25, 0.3) is 0 Å². The normalized spacial score (nSPS) is 16.4. The fraction of sp³-hybridized carbons (Fsp3) is 0.615. The van der Waals surface area contributed by atoms with Crippen LogP contribution in [0.3, 0.4) is 0 Å². The minimum absolute atomic E-state index is 0.110. The molecule has 1 aromatic heterocycles. The molecule has 1 saturated carbocycles. The number of carbonyl (C=O) groups excluding carboxylic acids is 1. The average molecular weight is 235 g/mol. The summed E-state index contributed by atoms with van der Waals surface area (Å²) < 4.78 is 1.81. The van der Waals surface area contributed by atoms with E-state index in [0.717, 1.165) is 19.4 Å². The van der Waals surface area contributed by atoms with E-state index in [-0.39, 0.29) is 5.91 Å². The van der Waals surface area contributed by atoms with E-state index in [4.69, 9.17) is 5.73 Å². The second kappa shape index (κ2) is 4.82. The van der Waals surface area contributed by atoms with Gasteiger partial charge in [0.1, 0.15) is 5.69 Å². The Morgan fingerprint density at radius 1 is 1.53 bits per heavy atom. The first-order valence-corrected chi connectivity index (χ1v) is 6.36. The maximum atomic E-state index is 12.4. The van der Waals surface area contributed by atoms with Crippen molar-refractivity contribution in [3.63, 3.8) is 0 Å². The van der Waals surface area contributed by atoms with Gasteiger partial charge < -0.3 is 15.2 Å². The van der Waals surface area contributed by atoms with E-state index < -0.39 is 0 Å². The SMILES string of the molecule is CCN(C(=O)c1cc(N)cn1C)C1CCCC1. The maximum Gasteiger partial charge on any atom is 0.270 e. The Kier molecular flexibility index (Phi) is 3.41. The second-order valence-corrected chi connectivity index (χ2v) is 4.80. The molecule has 0 aliphatic heterocycles. The van der Waals surface area contributed by atoms with Crippen molar-refractivity contribution in [2.75, 3.05) is 12.3 Å². The number of aryl methyl sites for hydroxylation is 1. The monoisotopic (exact) mass is 235 g/mol. The van der Waals surface area contributed by atoms with Crippen molar-refractivity contribution in [1.29, 1.82) is 0 Å². The lowest BCUT2D eigenvalue weighted by molar-refractivity contribution is 0.0684. The summed E-state index contributed by atoms with van der Waals surface area (Å²) in [6, 6.07) is 2.18. The highest BCUT2D eigenvalue weighted by Gasteiger charge is 2.27. The standard InChI is InChI=1S/C13H21N3O/c1-3-16(11-6-4-5-7-11)13(17)12-8-10(14)9-15(12)2/h8-9,11H,3-7,14H2,1-2H3. The van der Waals surface area contributed by atoms with Crippen LogP contribution in [0.2, 0.25) is 0 Å². The lowest BCUT2D eigenvalue weighted by Crippen LogP contribution is -2.39. The molecule has 1 aliphatic carbocycles. The van der Waals surface area contributed by atoms with Crippen molar-refractivity contribution < 1.29 is 4.79 Å². The molecule has 1 amide bonds. The molecule has 0 spiro atoms. The summed E-state index contributed by atoms with van der Waals surface area (Å²) in [7, 11) is 1.87. The summed E-state index contributed by atoms with van der Waals surface area (Å²) in [5, 5.41) is 0. The highest BCUT2D eigenvalue weighted by atomic mass is 16.2. The number of hydrogen-bond donors (Lipinski definition) is 1. The number of anilines is 1. The van der Waals surface area contributed by atoms with Gasteiger partial charge in [0.25, 0.3) is 5.91 Å². The van der Waals surface area contributed by atoms with Gasteiger partial charge in [-0.25, -0.2) is 0 Å². The molecule has 2 rings (SSSR count). The fourth-order valence-electron chi connectivity index (χ4n) is 2.73. The van der Waals surface area contributed by atoms with Gasteiger partial charge in [-0.1, -0.05) is 12.8 Å². The molecule has 0 saturated heterocycles. The first-order chi connectivity index (χ1) is 8.13. The predicted molar refractivity (Wildman–Crippen MR) is 68.8 cm³/mol. The van der Waals surface area contributed by atoms with Crippen molar-refractivity contribution in [1.82, 2.24) is 9.47 Å². The number of aromatic nitrogens is 1. The molecule has 0 unspecified atom stereocenters. The lowest BCUT2D eigenvalue weighted by Gasteiger charge is -2.27. The zero-order chi connectivity index (χ0) is 12.4. The van der Waals surface area contributed by atoms with Crippen LogP contribution in [0.4, 0.5) is 5.69 Å². The van der Waals surface area contributed by atoms with E-state index in [1.807, 2.05) is 23.4 Å². The van der Waals surface area contributed by atoms with E-state index in [9.17, 15) is 4.79 Å². The van der Waals surface area contributed by atoms with Crippen LogP contribution in [0.1, 0.15) is 43.1 Å². The number of nitrogens with two attached hydrogens (primary N) is 1. The molecule has 1 aliphatic rings. The van der Waals surface area contributed by atoms with Gasteiger partial charge in [0.15, 0.2) is 0 Å². The Labute approximate surface area is 102 Å². The number of amides is 1. The third-order valence-electron chi connectivity index (χ3n) is 3.61. The Morgan fingerprint density at radius 2 is 2.18 bits per heavy atom. The molecule has 2 N–H and O–H groups in total. The molecule has 1 aromatic rings. The van der Waals surface area contributed by atoms with Crippen molar-refractivity contribution in [2.45, 2.75) is 38.6 Å². The van der Waals surface area contributed by atoms with Crippen LogP contribution in [0.15, 0.2) is 12.3 Å². The summed E-state index contributed by atoms with van der Waals surface area (Å²) >= 11 is 0. The molecular weight excluding hydrogens is 214 g/mol. The summed E-state index contributed by atoms with van der Waals surface area (Å²) in [4.78, 5) is 14.4. The largest absolute Gasteiger partial charge is 0.397 e. The van der Waals surface area contributed by atoms with Crippen molar-refractivity contribution >= 4 is 11.6 Å². The van der Waals surface area contributed by atoms with Gasteiger partial charge >= 0.3 is 0 Å². The smallest absolute Gasteiger partial charge is 0.270 e. The van der Waals surface area contributed by atoms with Crippen LogP contribution in [-0.4, -0.2) is 28.0 Å². The van der Waals surface area contributed by atoms with Crippen molar-refractivity contribution in [3.8, 4) is 0 Å². The maximum absolute atomic E-state index is 12.4. The van der Waals surface area contributed by atoms with Gasteiger partial charge in [-0.05, 0) is 25.8 Å². The zero-order valence-electron chi connectivity index (χ0n) is 10.6. The van der Waals surface area contributed by atoms with Crippen LogP contribution in [-0.2, 0) is 7.05 Å². The first kappa shape index (κ1) is 12.0.